The van der Waals surface area contributed by atoms with Crippen molar-refractivity contribution < 1.29 is 13.2 Å². The smallest absolute Gasteiger partial charge is 0.245 e. The van der Waals surface area contributed by atoms with Gasteiger partial charge in [-0.1, -0.05) is 0 Å². The van der Waals surface area contributed by atoms with Crippen molar-refractivity contribution in [1.29, 1.82) is 0 Å². The number of unbranched alkanes of at least 4 members (excludes halogenated alkanes) is 1. The molecule has 1 aromatic heterocycles. The van der Waals surface area contributed by atoms with Crippen molar-refractivity contribution in [2.45, 2.75) is 38.5 Å². The van der Waals surface area contributed by atoms with Crippen LogP contribution in [0, 0.1) is 6.20 Å². The lowest BCUT2D eigenvalue weighted by Crippen LogP contribution is -2.08. The van der Waals surface area contributed by atoms with Gasteiger partial charge >= 0.3 is 0 Å². The van der Waals surface area contributed by atoms with Crippen molar-refractivity contribution in [2.24, 2.45) is 0 Å². The maximum Gasteiger partial charge on any atom is 0.245 e. The third-order valence-corrected chi connectivity index (χ3v) is 1.69. The highest BCUT2D eigenvalue weighted by atomic mass is 19.3. The first kappa shape index (κ1) is 10.2. The fourth-order valence-electron chi connectivity index (χ4n) is 1.05. The van der Waals surface area contributed by atoms with Crippen LogP contribution >= 0.6 is 0 Å². The van der Waals surface area contributed by atoms with Crippen molar-refractivity contribution in [3.8, 4) is 0 Å². The van der Waals surface area contributed by atoms with Gasteiger partial charge in [-0.3, -0.25) is 0 Å². The van der Waals surface area contributed by atoms with Gasteiger partial charge in [0.25, 0.3) is 0 Å². The molecule has 1 aromatic rings. The summed E-state index contributed by atoms with van der Waals surface area (Å²) < 4.78 is 29.6. The van der Waals surface area contributed by atoms with Gasteiger partial charge in [-0.05, 0) is 19.8 Å². The topological polar surface area (TPSA) is 26.0 Å². The Morgan fingerprint density at radius 2 is 2.31 bits per heavy atom. The number of rotatable bonds is 5. The minimum absolute atomic E-state index is 0.0720. The van der Waals surface area contributed by atoms with Crippen LogP contribution in [0.5, 0.6) is 0 Å². The summed E-state index contributed by atoms with van der Waals surface area (Å²) in [6.07, 6.45) is 5.60. The van der Waals surface area contributed by atoms with Gasteiger partial charge in [0, 0.05) is 12.8 Å². The summed E-state index contributed by atoms with van der Waals surface area (Å²) in [6, 6.07) is 0. The average molecular weight is 188 g/mol. The van der Waals surface area contributed by atoms with E-state index in [0.717, 1.165) is 6.92 Å². The first-order chi connectivity index (χ1) is 6.08. The van der Waals surface area contributed by atoms with E-state index in [0.29, 0.717) is 25.2 Å². The monoisotopic (exact) mass is 188 g/mol. The van der Waals surface area contributed by atoms with E-state index in [1.165, 1.54) is 6.26 Å². The standard InChI is InChI=1S/C9H12F2NO/c1-9(10,11)5-3-2-4-8-12-6-7-13-8/h7H,2-5H2,1H3. The quantitative estimate of drug-likeness (QED) is 0.664. The molecule has 13 heavy (non-hydrogen) atoms. The van der Waals surface area contributed by atoms with E-state index in [9.17, 15) is 8.78 Å². The second-order valence-electron chi connectivity index (χ2n) is 3.15. The molecule has 1 radical (unpaired) electrons. The van der Waals surface area contributed by atoms with Crippen LogP contribution in [-0.2, 0) is 6.42 Å². The molecule has 0 spiro atoms. The lowest BCUT2D eigenvalue weighted by Gasteiger charge is -2.08. The third kappa shape index (κ3) is 4.60. The van der Waals surface area contributed by atoms with Crippen LogP contribution in [0.15, 0.2) is 10.7 Å². The molecule has 0 saturated heterocycles. The summed E-state index contributed by atoms with van der Waals surface area (Å²) in [7, 11) is 0. The maximum absolute atomic E-state index is 12.3. The van der Waals surface area contributed by atoms with Crippen LogP contribution in [0.3, 0.4) is 0 Å². The molecule has 1 heterocycles. The molecular formula is C9H12F2NO. The van der Waals surface area contributed by atoms with E-state index >= 15 is 0 Å². The minimum Gasteiger partial charge on any atom is -0.448 e. The van der Waals surface area contributed by atoms with Crippen molar-refractivity contribution >= 4 is 0 Å². The van der Waals surface area contributed by atoms with Gasteiger partial charge in [0.15, 0.2) is 5.89 Å². The second kappa shape index (κ2) is 4.35. The molecule has 0 aliphatic rings. The Hall–Kier alpha value is -0.930. The molecule has 0 amide bonds. The lowest BCUT2D eigenvalue weighted by atomic mass is 10.1. The van der Waals surface area contributed by atoms with E-state index in [1.807, 2.05) is 0 Å². The largest absolute Gasteiger partial charge is 0.448 e. The Bertz CT molecular complexity index is 228. The molecule has 0 atom stereocenters. The van der Waals surface area contributed by atoms with Crippen LogP contribution in [0.1, 0.15) is 32.1 Å². The zero-order chi connectivity index (χ0) is 9.73. The lowest BCUT2D eigenvalue weighted by molar-refractivity contribution is 0.0104. The van der Waals surface area contributed by atoms with Crippen LogP contribution in [0.2, 0.25) is 0 Å². The zero-order valence-corrected chi connectivity index (χ0v) is 7.52. The van der Waals surface area contributed by atoms with Gasteiger partial charge in [0.1, 0.15) is 12.5 Å². The molecule has 0 aromatic carbocycles. The summed E-state index contributed by atoms with van der Waals surface area (Å²) in [6.45, 7) is 0.936. The van der Waals surface area contributed by atoms with E-state index in [2.05, 4.69) is 11.2 Å². The second-order valence-corrected chi connectivity index (χ2v) is 3.15. The maximum atomic E-state index is 12.3. The molecule has 73 valence electrons. The molecule has 0 bridgehead atoms. The molecule has 1 rings (SSSR count). The van der Waals surface area contributed by atoms with Gasteiger partial charge in [-0.25, -0.2) is 13.8 Å². The molecule has 0 N–H and O–H groups in total. The molecule has 0 fully saturated rings. The van der Waals surface area contributed by atoms with Crippen molar-refractivity contribution in [2.75, 3.05) is 0 Å². The first-order valence-corrected chi connectivity index (χ1v) is 4.26. The SMILES string of the molecule is CC(F)(F)CCCCc1n[c]co1. The first-order valence-electron chi connectivity index (χ1n) is 4.26. The average Bonchev–Trinajstić information content (AvgIpc) is 2.48. The van der Waals surface area contributed by atoms with Crippen LogP contribution in [-0.4, -0.2) is 10.9 Å². The van der Waals surface area contributed by atoms with E-state index in [1.54, 1.807) is 0 Å². The van der Waals surface area contributed by atoms with Gasteiger partial charge in [0.2, 0.25) is 5.92 Å². The van der Waals surface area contributed by atoms with Gasteiger partial charge in [-0.2, -0.15) is 0 Å². The highest BCUT2D eigenvalue weighted by Crippen LogP contribution is 2.20. The van der Waals surface area contributed by atoms with Crippen LogP contribution in [0.25, 0.3) is 0 Å². The molecule has 0 aliphatic heterocycles. The van der Waals surface area contributed by atoms with E-state index in [-0.39, 0.29) is 6.42 Å². The number of hydrogen-bond acceptors (Lipinski definition) is 2. The number of nitrogens with zero attached hydrogens (tertiary/aromatic N) is 1. The zero-order valence-electron chi connectivity index (χ0n) is 7.52. The summed E-state index contributed by atoms with van der Waals surface area (Å²) >= 11 is 0. The Morgan fingerprint density at radius 1 is 1.54 bits per heavy atom. The van der Waals surface area contributed by atoms with E-state index < -0.39 is 5.92 Å². The number of halogens is 2. The normalized spacial score (nSPS) is 11.9. The molecule has 0 aliphatic carbocycles. The summed E-state index contributed by atoms with van der Waals surface area (Å²) in [5.41, 5.74) is 0. The molecule has 0 unspecified atom stereocenters. The molecule has 2 nitrogen and oxygen atoms in total. The van der Waals surface area contributed by atoms with Crippen molar-refractivity contribution in [1.82, 2.24) is 4.98 Å². The minimum atomic E-state index is -2.55. The Labute approximate surface area is 76.0 Å². The molecule has 0 saturated carbocycles. The fraction of sp³-hybridized carbons (Fsp3) is 0.667. The number of aryl methyl sites for hydroxylation is 1. The number of oxazole rings is 1. The Balaban J connectivity index is 2.09. The summed E-state index contributed by atoms with van der Waals surface area (Å²) in [5, 5.41) is 0. The number of alkyl halides is 2. The summed E-state index contributed by atoms with van der Waals surface area (Å²) in [4.78, 5) is 3.77. The van der Waals surface area contributed by atoms with Crippen molar-refractivity contribution in [3.05, 3.63) is 18.4 Å². The Kier molecular flexibility index (Phi) is 3.39. The van der Waals surface area contributed by atoms with Crippen LogP contribution in [0.4, 0.5) is 8.78 Å². The van der Waals surface area contributed by atoms with Crippen molar-refractivity contribution in [3.63, 3.8) is 0 Å². The predicted molar refractivity (Wildman–Crippen MR) is 43.5 cm³/mol. The van der Waals surface area contributed by atoms with Gasteiger partial charge in [-0.15, -0.1) is 0 Å². The summed E-state index contributed by atoms with van der Waals surface area (Å²) in [5.74, 6) is -1.98. The van der Waals surface area contributed by atoms with Gasteiger partial charge < -0.3 is 4.42 Å². The molecular weight excluding hydrogens is 176 g/mol. The number of hydrogen-bond donors (Lipinski definition) is 0. The van der Waals surface area contributed by atoms with Crippen LogP contribution < -0.4 is 0 Å². The molecule has 4 heteroatoms. The van der Waals surface area contributed by atoms with Gasteiger partial charge in [0.05, 0.1) is 0 Å². The van der Waals surface area contributed by atoms with E-state index in [4.69, 9.17) is 4.42 Å². The highest BCUT2D eigenvalue weighted by molar-refractivity contribution is 4.78. The third-order valence-electron chi connectivity index (χ3n) is 1.69. The number of aromatic nitrogens is 1. The fourth-order valence-corrected chi connectivity index (χ4v) is 1.05. The highest BCUT2D eigenvalue weighted by Gasteiger charge is 2.19. The predicted octanol–water partition coefficient (Wildman–Crippen LogP) is 2.84. The Morgan fingerprint density at radius 3 is 2.85 bits per heavy atom.